The van der Waals surface area contributed by atoms with Gasteiger partial charge in [-0.2, -0.15) is 5.26 Å². The smallest absolute Gasteiger partial charge is 0.402 e. The Morgan fingerprint density at radius 2 is 2.00 bits per heavy atom. The van der Waals surface area contributed by atoms with Crippen molar-refractivity contribution in [1.82, 2.24) is 5.32 Å². The molecule has 0 saturated carbocycles. The van der Waals surface area contributed by atoms with Crippen molar-refractivity contribution < 1.29 is 19.2 Å². The van der Waals surface area contributed by atoms with Crippen LogP contribution in [0.4, 0.5) is 5.69 Å². The summed E-state index contributed by atoms with van der Waals surface area (Å²) < 4.78 is 4.62. The topological polar surface area (TPSA) is 122 Å². The van der Waals surface area contributed by atoms with Crippen LogP contribution >= 0.6 is 0 Å². The van der Waals surface area contributed by atoms with Gasteiger partial charge in [-0.1, -0.05) is 0 Å². The predicted octanol–water partition coefficient (Wildman–Crippen LogP) is 0.140. The van der Waals surface area contributed by atoms with E-state index in [1.165, 1.54) is 12.1 Å². The van der Waals surface area contributed by atoms with Crippen LogP contribution in [0.15, 0.2) is 24.3 Å². The minimum absolute atomic E-state index is 0.00212. The van der Waals surface area contributed by atoms with Crippen molar-refractivity contribution in [2.24, 2.45) is 0 Å². The van der Waals surface area contributed by atoms with Gasteiger partial charge in [0.1, 0.15) is 12.3 Å². The lowest BCUT2D eigenvalue weighted by atomic mass is 10.3. The van der Waals surface area contributed by atoms with Crippen molar-refractivity contribution in [3.05, 3.63) is 34.4 Å². The number of non-ortho nitro benzene ring substituents is 1. The monoisotopic (exact) mass is 249 g/mol. The van der Waals surface area contributed by atoms with Gasteiger partial charge in [-0.3, -0.25) is 14.9 Å². The lowest BCUT2D eigenvalue weighted by Gasteiger charge is -2.02. The van der Waals surface area contributed by atoms with Gasteiger partial charge >= 0.3 is 11.9 Å². The fourth-order valence-corrected chi connectivity index (χ4v) is 0.981. The number of esters is 1. The van der Waals surface area contributed by atoms with Gasteiger partial charge in [-0.05, 0) is 12.1 Å². The van der Waals surface area contributed by atoms with Crippen LogP contribution in [0.5, 0.6) is 5.75 Å². The second-order valence-corrected chi connectivity index (χ2v) is 2.98. The van der Waals surface area contributed by atoms with E-state index in [0.29, 0.717) is 0 Å². The third-order valence-corrected chi connectivity index (χ3v) is 1.77. The van der Waals surface area contributed by atoms with E-state index in [9.17, 15) is 19.7 Å². The van der Waals surface area contributed by atoms with E-state index in [-0.39, 0.29) is 18.0 Å². The first-order chi connectivity index (χ1) is 8.54. The van der Waals surface area contributed by atoms with Crippen LogP contribution in [0.3, 0.4) is 0 Å². The average molecular weight is 249 g/mol. The number of carbonyl (C=O) groups is 2. The van der Waals surface area contributed by atoms with E-state index < -0.39 is 16.8 Å². The number of rotatable bonds is 3. The zero-order valence-corrected chi connectivity index (χ0v) is 8.95. The van der Waals surface area contributed by atoms with Gasteiger partial charge < -0.3 is 10.1 Å². The predicted molar refractivity (Wildman–Crippen MR) is 57.4 cm³/mol. The highest BCUT2D eigenvalue weighted by Gasteiger charge is 2.16. The molecular formula is C10H7N3O5. The summed E-state index contributed by atoms with van der Waals surface area (Å²) in [7, 11) is 0. The molecule has 0 fully saturated rings. The molecule has 1 aromatic rings. The Balaban J connectivity index is 2.62. The Kier molecular flexibility index (Phi) is 4.34. The minimum Gasteiger partial charge on any atom is -0.419 e. The normalized spacial score (nSPS) is 9.06. The van der Waals surface area contributed by atoms with Gasteiger partial charge in [0.25, 0.3) is 5.69 Å². The van der Waals surface area contributed by atoms with Gasteiger partial charge in [0.15, 0.2) is 0 Å². The third kappa shape index (κ3) is 3.57. The highest BCUT2D eigenvalue weighted by atomic mass is 16.6. The van der Waals surface area contributed by atoms with Crippen LogP contribution in [0.25, 0.3) is 0 Å². The SMILES string of the molecule is N#CCNC(=O)C(=O)Oc1ccc([N+](=O)[O-])cc1. The van der Waals surface area contributed by atoms with Crippen LogP contribution in [0, 0.1) is 21.4 Å². The van der Waals surface area contributed by atoms with Crippen molar-refractivity contribution in [2.45, 2.75) is 0 Å². The lowest BCUT2D eigenvalue weighted by Crippen LogP contribution is -2.34. The van der Waals surface area contributed by atoms with Crippen molar-refractivity contribution in [2.75, 3.05) is 6.54 Å². The molecule has 0 saturated heterocycles. The molecule has 1 amide bonds. The number of carbonyl (C=O) groups excluding carboxylic acids is 2. The minimum atomic E-state index is -1.20. The maximum Gasteiger partial charge on any atom is 0.402 e. The van der Waals surface area contributed by atoms with Crippen LogP contribution in [0.2, 0.25) is 0 Å². The van der Waals surface area contributed by atoms with E-state index in [2.05, 4.69) is 4.74 Å². The number of nitriles is 1. The Bertz CT molecular complexity index is 517. The number of hydrogen-bond acceptors (Lipinski definition) is 6. The first-order valence-electron chi connectivity index (χ1n) is 4.66. The summed E-state index contributed by atoms with van der Waals surface area (Å²) in [5, 5.41) is 20.6. The molecule has 8 heteroatoms. The molecule has 0 radical (unpaired) electrons. The Hall–Kier alpha value is -2.95. The Labute approximate surface area is 101 Å². The zero-order chi connectivity index (χ0) is 13.5. The molecule has 0 aliphatic carbocycles. The number of amides is 1. The molecule has 92 valence electrons. The molecule has 0 spiro atoms. The van der Waals surface area contributed by atoms with Gasteiger partial charge in [-0.25, -0.2) is 4.79 Å². The number of nitrogens with one attached hydrogen (secondary N) is 1. The molecule has 18 heavy (non-hydrogen) atoms. The standard InChI is InChI=1S/C10H7N3O5/c11-5-6-12-9(14)10(15)18-8-3-1-7(2-4-8)13(16)17/h1-4H,6H2,(H,12,14). The van der Waals surface area contributed by atoms with Crippen LogP contribution in [-0.2, 0) is 9.59 Å². The summed E-state index contributed by atoms with van der Waals surface area (Å²) in [6.45, 7) is -0.311. The summed E-state index contributed by atoms with van der Waals surface area (Å²) in [5.74, 6) is -2.26. The highest BCUT2D eigenvalue weighted by Crippen LogP contribution is 2.17. The molecule has 0 bridgehead atoms. The molecule has 0 aliphatic heterocycles. The summed E-state index contributed by atoms with van der Waals surface area (Å²) >= 11 is 0. The molecule has 0 heterocycles. The molecule has 1 aromatic carbocycles. The van der Waals surface area contributed by atoms with Crippen LogP contribution in [0.1, 0.15) is 0 Å². The fraction of sp³-hybridized carbons (Fsp3) is 0.100. The molecular weight excluding hydrogens is 242 g/mol. The van der Waals surface area contributed by atoms with Crippen molar-refractivity contribution in [3.63, 3.8) is 0 Å². The van der Waals surface area contributed by atoms with E-state index in [1.54, 1.807) is 6.07 Å². The van der Waals surface area contributed by atoms with Gasteiger partial charge in [0.2, 0.25) is 0 Å². The molecule has 1 N–H and O–H groups in total. The maximum atomic E-state index is 11.2. The second kappa shape index (κ2) is 5.95. The second-order valence-electron chi connectivity index (χ2n) is 2.98. The van der Waals surface area contributed by atoms with E-state index in [1.807, 2.05) is 5.32 Å². The lowest BCUT2D eigenvalue weighted by molar-refractivity contribution is -0.384. The van der Waals surface area contributed by atoms with Crippen LogP contribution < -0.4 is 10.1 Å². The van der Waals surface area contributed by atoms with Crippen LogP contribution in [-0.4, -0.2) is 23.3 Å². The van der Waals surface area contributed by atoms with Gasteiger partial charge in [0.05, 0.1) is 11.0 Å². The van der Waals surface area contributed by atoms with E-state index >= 15 is 0 Å². The Morgan fingerprint density at radius 3 is 2.50 bits per heavy atom. The number of hydrogen-bond donors (Lipinski definition) is 1. The third-order valence-electron chi connectivity index (χ3n) is 1.77. The summed E-state index contributed by atoms with van der Waals surface area (Å²) in [6.07, 6.45) is 0. The highest BCUT2D eigenvalue weighted by molar-refractivity contribution is 6.33. The summed E-state index contributed by atoms with van der Waals surface area (Å²) in [4.78, 5) is 32.0. The molecule has 0 atom stereocenters. The van der Waals surface area contributed by atoms with E-state index in [0.717, 1.165) is 12.1 Å². The summed E-state index contributed by atoms with van der Waals surface area (Å²) in [5.41, 5.74) is -0.163. The van der Waals surface area contributed by atoms with Crippen molar-refractivity contribution in [3.8, 4) is 11.8 Å². The summed E-state index contributed by atoms with van der Waals surface area (Å²) in [6, 6.07) is 6.27. The molecule has 8 nitrogen and oxygen atoms in total. The molecule has 0 aromatic heterocycles. The quantitative estimate of drug-likeness (QED) is 0.203. The zero-order valence-electron chi connectivity index (χ0n) is 8.95. The van der Waals surface area contributed by atoms with Gasteiger partial charge in [0, 0.05) is 12.1 Å². The number of benzene rings is 1. The molecule has 0 aliphatic rings. The van der Waals surface area contributed by atoms with Gasteiger partial charge in [-0.15, -0.1) is 0 Å². The van der Waals surface area contributed by atoms with Crippen molar-refractivity contribution in [1.29, 1.82) is 5.26 Å². The van der Waals surface area contributed by atoms with Crippen molar-refractivity contribution >= 4 is 17.6 Å². The van der Waals surface area contributed by atoms with E-state index in [4.69, 9.17) is 5.26 Å². The number of ether oxygens (including phenoxy) is 1. The Morgan fingerprint density at radius 1 is 1.39 bits per heavy atom. The first-order valence-corrected chi connectivity index (χ1v) is 4.66. The number of nitro benzene ring substituents is 1. The molecule has 0 unspecified atom stereocenters. The average Bonchev–Trinajstić information content (AvgIpc) is 2.36. The molecule has 1 rings (SSSR count). The first kappa shape index (κ1) is 13.1. The largest absolute Gasteiger partial charge is 0.419 e. The number of nitro groups is 1. The fourth-order valence-electron chi connectivity index (χ4n) is 0.981. The number of nitrogens with zero attached hydrogens (tertiary/aromatic N) is 2. The maximum absolute atomic E-state index is 11.2.